The summed E-state index contributed by atoms with van der Waals surface area (Å²) in [5, 5.41) is 9.14. The van der Waals surface area contributed by atoms with Crippen LogP contribution in [0.2, 0.25) is 0 Å². The van der Waals surface area contributed by atoms with Gasteiger partial charge in [0.1, 0.15) is 23.0 Å². The molecule has 0 bridgehead atoms. The smallest absolute Gasteiger partial charge is 0.254 e. The van der Waals surface area contributed by atoms with Gasteiger partial charge < -0.3 is 19.3 Å². The number of benzene rings is 3. The minimum Gasteiger partial charge on any atom is -0.497 e. The zero-order chi connectivity index (χ0) is 23.7. The number of rotatable bonds is 2. The van der Waals surface area contributed by atoms with E-state index in [1.165, 1.54) is 0 Å². The first kappa shape index (κ1) is 21.5. The molecule has 7 nitrogen and oxygen atoms in total. The van der Waals surface area contributed by atoms with Crippen LogP contribution in [0, 0.1) is 18.3 Å². The third kappa shape index (κ3) is 4.06. The fourth-order valence-electron chi connectivity index (χ4n) is 4.25. The summed E-state index contributed by atoms with van der Waals surface area (Å²) in [6.07, 6.45) is 0. The molecule has 0 spiro atoms. The van der Waals surface area contributed by atoms with Crippen LogP contribution in [0.3, 0.4) is 0 Å². The van der Waals surface area contributed by atoms with E-state index in [9.17, 15) is 4.79 Å². The second-order valence-electron chi connectivity index (χ2n) is 8.34. The van der Waals surface area contributed by atoms with Gasteiger partial charge in [-0.05, 0) is 61.0 Å². The summed E-state index contributed by atoms with van der Waals surface area (Å²) in [6.45, 7) is 4.38. The molecule has 34 heavy (non-hydrogen) atoms. The van der Waals surface area contributed by atoms with E-state index < -0.39 is 0 Å². The van der Waals surface area contributed by atoms with E-state index in [0.29, 0.717) is 43.1 Å². The molecule has 0 saturated carbocycles. The van der Waals surface area contributed by atoms with Crippen LogP contribution in [0.4, 0.5) is 5.69 Å². The molecule has 0 aromatic heterocycles. The van der Waals surface area contributed by atoms with E-state index in [2.05, 4.69) is 11.0 Å². The molecule has 3 aromatic rings. The number of nitriles is 1. The van der Waals surface area contributed by atoms with Crippen molar-refractivity contribution in [2.75, 3.05) is 33.3 Å². The van der Waals surface area contributed by atoms with Crippen LogP contribution in [0.5, 0.6) is 17.2 Å². The highest BCUT2D eigenvalue weighted by Gasteiger charge is 2.28. The molecule has 7 heteroatoms. The fourth-order valence-corrected chi connectivity index (χ4v) is 4.25. The first-order valence-corrected chi connectivity index (χ1v) is 11.2. The first-order valence-electron chi connectivity index (χ1n) is 11.2. The Morgan fingerprint density at radius 3 is 2.62 bits per heavy atom. The Bertz CT molecular complexity index is 1330. The fraction of sp³-hybridized carbons (Fsp3) is 0.222. The lowest BCUT2D eigenvalue weighted by atomic mass is 10.1. The highest BCUT2D eigenvalue weighted by molar-refractivity contribution is 6.04. The van der Waals surface area contributed by atoms with Crippen LogP contribution < -0.4 is 9.47 Å². The Morgan fingerprint density at radius 1 is 1.03 bits per heavy atom. The van der Waals surface area contributed by atoms with E-state index in [1.54, 1.807) is 31.4 Å². The van der Waals surface area contributed by atoms with Crippen molar-refractivity contribution in [1.82, 2.24) is 9.80 Å². The number of amidine groups is 1. The van der Waals surface area contributed by atoms with Crippen LogP contribution in [-0.4, -0.2) is 54.8 Å². The van der Waals surface area contributed by atoms with Gasteiger partial charge >= 0.3 is 0 Å². The molecule has 1 saturated heterocycles. The van der Waals surface area contributed by atoms with Crippen molar-refractivity contribution in [1.29, 1.82) is 5.26 Å². The number of aryl methyl sites for hydroxylation is 1. The molecule has 0 atom stereocenters. The highest BCUT2D eigenvalue weighted by Crippen LogP contribution is 2.40. The molecular weight excluding hydrogens is 428 g/mol. The maximum Gasteiger partial charge on any atom is 0.254 e. The van der Waals surface area contributed by atoms with E-state index in [0.717, 1.165) is 34.1 Å². The Labute approximate surface area is 198 Å². The van der Waals surface area contributed by atoms with Gasteiger partial charge in [0.2, 0.25) is 0 Å². The number of aliphatic imine (C=N–C) groups is 1. The van der Waals surface area contributed by atoms with Gasteiger partial charge in [0.05, 0.1) is 24.3 Å². The molecule has 170 valence electrons. The summed E-state index contributed by atoms with van der Waals surface area (Å²) >= 11 is 0. The number of piperazine rings is 1. The molecule has 1 fully saturated rings. The molecule has 1 amide bonds. The van der Waals surface area contributed by atoms with Gasteiger partial charge in [0.25, 0.3) is 5.91 Å². The summed E-state index contributed by atoms with van der Waals surface area (Å²) in [6, 6.07) is 20.6. The number of nitrogens with zero attached hydrogens (tertiary/aromatic N) is 4. The molecule has 2 heterocycles. The summed E-state index contributed by atoms with van der Waals surface area (Å²) in [5.74, 6) is 2.90. The molecule has 0 N–H and O–H groups in total. The minimum atomic E-state index is -0.0641. The minimum absolute atomic E-state index is 0.0641. The number of carbonyl (C=O) groups excluding carboxylic acids is 1. The molecule has 2 aliphatic rings. The molecule has 0 radical (unpaired) electrons. The van der Waals surface area contributed by atoms with Crippen molar-refractivity contribution in [3.63, 3.8) is 0 Å². The number of methoxy groups -OCH3 is 1. The van der Waals surface area contributed by atoms with E-state index in [1.807, 2.05) is 48.2 Å². The van der Waals surface area contributed by atoms with Gasteiger partial charge in [0, 0.05) is 31.7 Å². The number of carbonyl (C=O) groups is 1. The third-order valence-electron chi connectivity index (χ3n) is 6.09. The average molecular weight is 453 g/mol. The van der Waals surface area contributed by atoms with Crippen molar-refractivity contribution in [3.8, 4) is 23.3 Å². The largest absolute Gasteiger partial charge is 0.497 e. The molecular formula is C27H24N4O3. The SMILES string of the molecule is COc1ccc2c(c1)C(N1CCN(C(=O)c3cccc(C#N)c3)CC1)=Nc1ccc(C)cc1O2. The quantitative estimate of drug-likeness (QED) is 0.571. The average Bonchev–Trinajstić information content (AvgIpc) is 3.04. The maximum atomic E-state index is 13.0. The maximum absolute atomic E-state index is 13.0. The Balaban J connectivity index is 1.43. The van der Waals surface area contributed by atoms with Crippen molar-refractivity contribution in [3.05, 3.63) is 82.9 Å². The number of fused-ring (bicyclic) bond motifs is 2. The Morgan fingerprint density at radius 2 is 1.85 bits per heavy atom. The van der Waals surface area contributed by atoms with Gasteiger partial charge in [-0.1, -0.05) is 12.1 Å². The van der Waals surface area contributed by atoms with Crippen LogP contribution in [0.15, 0.2) is 65.7 Å². The number of hydrogen-bond donors (Lipinski definition) is 0. The molecule has 2 aliphatic heterocycles. The van der Waals surface area contributed by atoms with Gasteiger partial charge in [-0.2, -0.15) is 5.26 Å². The number of ether oxygens (including phenoxy) is 2. The molecule has 0 unspecified atom stereocenters. The number of amides is 1. The van der Waals surface area contributed by atoms with Crippen molar-refractivity contribution < 1.29 is 14.3 Å². The lowest BCUT2D eigenvalue weighted by molar-refractivity contribution is 0.0692. The summed E-state index contributed by atoms with van der Waals surface area (Å²) in [7, 11) is 1.64. The zero-order valence-corrected chi connectivity index (χ0v) is 19.1. The highest BCUT2D eigenvalue weighted by atomic mass is 16.5. The van der Waals surface area contributed by atoms with Crippen LogP contribution >= 0.6 is 0 Å². The lowest BCUT2D eigenvalue weighted by Gasteiger charge is -2.36. The Kier molecular flexibility index (Phi) is 5.64. The van der Waals surface area contributed by atoms with Crippen LogP contribution in [0.25, 0.3) is 0 Å². The van der Waals surface area contributed by atoms with Crippen molar-refractivity contribution in [2.45, 2.75) is 6.92 Å². The second kappa shape index (κ2) is 8.91. The molecule has 5 rings (SSSR count). The van der Waals surface area contributed by atoms with Crippen molar-refractivity contribution in [2.24, 2.45) is 4.99 Å². The van der Waals surface area contributed by atoms with E-state index >= 15 is 0 Å². The third-order valence-corrected chi connectivity index (χ3v) is 6.09. The van der Waals surface area contributed by atoms with Crippen LogP contribution in [0.1, 0.15) is 27.0 Å². The van der Waals surface area contributed by atoms with Gasteiger partial charge in [-0.3, -0.25) is 4.79 Å². The summed E-state index contributed by atoms with van der Waals surface area (Å²) in [4.78, 5) is 22.0. The standard InChI is InChI=1S/C27H24N4O3/c1-18-6-8-23-25(14-18)34-24-9-7-21(33-2)16-22(24)26(29-23)30-10-12-31(13-11-30)27(32)20-5-3-4-19(15-20)17-28/h3-9,14-16H,10-13H2,1-2H3. The predicted molar refractivity (Wildman–Crippen MR) is 129 cm³/mol. The second-order valence-corrected chi connectivity index (χ2v) is 8.34. The predicted octanol–water partition coefficient (Wildman–Crippen LogP) is 4.52. The topological polar surface area (TPSA) is 78.2 Å². The van der Waals surface area contributed by atoms with Crippen molar-refractivity contribution >= 4 is 17.4 Å². The van der Waals surface area contributed by atoms with E-state index in [-0.39, 0.29) is 5.91 Å². The van der Waals surface area contributed by atoms with Gasteiger partial charge in [-0.15, -0.1) is 0 Å². The molecule has 0 aliphatic carbocycles. The first-order chi connectivity index (χ1) is 16.6. The van der Waals surface area contributed by atoms with E-state index in [4.69, 9.17) is 19.7 Å². The van der Waals surface area contributed by atoms with Gasteiger partial charge in [0.15, 0.2) is 5.75 Å². The van der Waals surface area contributed by atoms with Gasteiger partial charge in [-0.25, -0.2) is 4.99 Å². The Hall–Kier alpha value is -4.31. The molecule has 3 aromatic carbocycles. The lowest BCUT2D eigenvalue weighted by Crippen LogP contribution is -2.50. The summed E-state index contributed by atoms with van der Waals surface area (Å²) < 4.78 is 11.7. The zero-order valence-electron chi connectivity index (χ0n) is 19.1. The summed E-state index contributed by atoms with van der Waals surface area (Å²) in [5.41, 5.74) is 3.74. The normalized spacial score (nSPS) is 14.7. The number of hydrogen-bond acceptors (Lipinski definition) is 6. The van der Waals surface area contributed by atoms with Crippen LogP contribution in [-0.2, 0) is 0 Å². The monoisotopic (exact) mass is 452 g/mol.